The summed E-state index contributed by atoms with van der Waals surface area (Å²) in [6.45, 7) is 1.54. The van der Waals surface area contributed by atoms with Crippen LogP contribution in [0.15, 0.2) is 72.8 Å². The van der Waals surface area contributed by atoms with E-state index in [4.69, 9.17) is 8.92 Å². The Bertz CT molecular complexity index is 1150. The summed E-state index contributed by atoms with van der Waals surface area (Å²) in [5.41, 5.74) is 1.98. The van der Waals surface area contributed by atoms with Crippen LogP contribution >= 0.6 is 0 Å². The molecule has 31 heavy (non-hydrogen) atoms. The van der Waals surface area contributed by atoms with Crippen molar-refractivity contribution < 1.29 is 26.5 Å². The molecule has 0 unspecified atom stereocenters. The molecular formula is C23H22FNO5S. The van der Waals surface area contributed by atoms with Crippen molar-refractivity contribution in [2.24, 2.45) is 0 Å². The van der Waals surface area contributed by atoms with Crippen LogP contribution in [0, 0.1) is 12.7 Å². The molecule has 0 spiro atoms. The van der Waals surface area contributed by atoms with E-state index in [0.29, 0.717) is 22.4 Å². The van der Waals surface area contributed by atoms with E-state index in [1.165, 1.54) is 37.4 Å². The number of benzene rings is 3. The lowest BCUT2D eigenvalue weighted by molar-refractivity contribution is 0.0728. The summed E-state index contributed by atoms with van der Waals surface area (Å²) in [4.78, 5) is 12.5. The van der Waals surface area contributed by atoms with E-state index in [-0.39, 0.29) is 18.7 Å². The third-order valence-corrected chi connectivity index (χ3v) is 5.91. The molecule has 0 aliphatic carbocycles. The number of hydrogen-bond donors (Lipinski definition) is 0. The van der Waals surface area contributed by atoms with Gasteiger partial charge in [0.2, 0.25) is 0 Å². The van der Waals surface area contributed by atoms with Crippen molar-refractivity contribution in [1.82, 2.24) is 4.31 Å². The second-order valence-electron chi connectivity index (χ2n) is 6.89. The van der Waals surface area contributed by atoms with E-state index in [1.54, 1.807) is 49.4 Å². The zero-order valence-electron chi connectivity index (χ0n) is 17.1. The third-order valence-electron chi connectivity index (χ3n) is 4.65. The van der Waals surface area contributed by atoms with Crippen molar-refractivity contribution in [3.8, 4) is 5.75 Å². The third kappa shape index (κ3) is 5.90. The summed E-state index contributed by atoms with van der Waals surface area (Å²) in [5.74, 6) is -0.765. The van der Waals surface area contributed by atoms with Crippen molar-refractivity contribution >= 4 is 16.3 Å². The molecule has 3 aromatic carbocycles. The molecule has 3 aromatic rings. The highest BCUT2D eigenvalue weighted by atomic mass is 32.2. The maximum atomic E-state index is 13.3. The molecular weight excluding hydrogens is 421 g/mol. The highest BCUT2D eigenvalue weighted by Crippen LogP contribution is 2.20. The Kier molecular flexibility index (Phi) is 7.04. The lowest BCUT2D eigenvalue weighted by Crippen LogP contribution is -2.33. The van der Waals surface area contributed by atoms with Gasteiger partial charge in [0.25, 0.3) is 0 Å². The van der Waals surface area contributed by atoms with Crippen LogP contribution in [-0.2, 0) is 27.6 Å². The van der Waals surface area contributed by atoms with Gasteiger partial charge >= 0.3 is 16.3 Å². The standard InChI is InChI=1S/C23H22FNO5S/c1-17-5-3-4-6-22(17)23(26)30-31(27,28)25(15-18-7-11-20(24)12-8-18)16-19-9-13-21(29-2)14-10-19/h3-14H,15-16H2,1-2H3. The van der Waals surface area contributed by atoms with Crippen LogP contribution in [0.1, 0.15) is 27.0 Å². The maximum absolute atomic E-state index is 13.3. The van der Waals surface area contributed by atoms with Gasteiger partial charge in [-0.05, 0) is 53.9 Å². The quantitative estimate of drug-likeness (QED) is 0.521. The minimum atomic E-state index is -4.45. The molecule has 0 atom stereocenters. The van der Waals surface area contributed by atoms with Gasteiger partial charge in [-0.15, -0.1) is 0 Å². The molecule has 0 aliphatic heterocycles. The smallest absolute Gasteiger partial charge is 0.388 e. The van der Waals surface area contributed by atoms with Crippen LogP contribution in [0.25, 0.3) is 0 Å². The maximum Gasteiger partial charge on any atom is 0.388 e. The number of halogens is 1. The van der Waals surface area contributed by atoms with E-state index >= 15 is 0 Å². The number of carbonyl (C=O) groups is 1. The highest BCUT2D eigenvalue weighted by Gasteiger charge is 2.28. The SMILES string of the molecule is COc1ccc(CN(Cc2ccc(F)cc2)S(=O)(=O)OC(=O)c2ccccc2C)cc1. The van der Waals surface area contributed by atoms with Gasteiger partial charge in [0.05, 0.1) is 12.7 Å². The van der Waals surface area contributed by atoms with Crippen molar-refractivity contribution in [3.05, 3.63) is 101 Å². The molecule has 6 nitrogen and oxygen atoms in total. The van der Waals surface area contributed by atoms with Gasteiger partial charge in [-0.3, -0.25) is 0 Å². The Morgan fingerprint density at radius 1 is 0.903 bits per heavy atom. The van der Waals surface area contributed by atoms with Crippen molar-refractivity contribution in [2.75, 3.05) is 7.11 Å². The molecule has 162 valence electrons. The molecule has 0 fully saturated rings. The Labute approximate surface area is 181 Å². The molecule has 0 radical (unpaired) electrons. The summed E-state index contributed by atoms with van der Waals surface area (Å²) in [7, 11) is -2.92. The largest absolute Gasteiger partial charge is 0.497 e. The number of rotatable bonds is 8. The molecule has 0 saturated carbocycles. The summed E-state index contributed by atoms with van der Waals surface area (Å²) in [6, 6.07) is 18.9. The first-order valence-corrected chi connectivity index (χ1v) is 10.8. The Morgan fingerprint density at radius 3 is 2.00 bits per heavy atom. The van der Waals surface area contributed by atoms with Crippen LogP contribution in [0.4, 0.5) is 4.39 Å². The predicted molar refractivity (Wildman–Crippen MR) is 114 cm³/mol. The summed E-state index contributed by atoms with van der Waals surface area (Å²) in [6.07, 6.45) is 0. The first-order valence-electron chi connectivity index (χ1n) is 9.45. The normalized spacial score (nSPS) is 11.4. The van der Waals surface area contributed by atoms with Crippen LogP contribution in [0.2, 0.25) is 0 Å². The predicted octanol–water partition coefficient (Wildman–Crippen LogP) is 4.25. The minimum absolute atomic E-state index is 0.0508. The number of methoxy groups -OCH3 is 1. The Hall–Kier alpha value is -3.23. The molecule has 0 bridgehead atoms. The first-order chi connectivity index (χ1) is 14.8. The summed E-state index contributed by atoms with van der Waals surface area (Å²) in [5, 5.41) is 0. The van der Waals surface area contributed by atoms with Crippen molar-refractivity contribution in [1.29, 1.82) is 0 Å². The zero-order chi connectivity index (χ0) is 22.4. The van der Waals surface area contributed by atoms with Gasteiger partial charge in [-0.2, -0.15) is 12.7 Å². The van der Waals surface area contributed by atoms with Crippen LogP contribution in [-0.4, -0.2) is 25.8 Å². The fraction of sp³-hybridized carbons (Fsp3) is 0.174. The zero-order valence-corrected chi connectivity index (χ0v) is 17.9. The number of aryl methyl sites for hydroxylation is 1. The summed E-state index contributed by atoms with van der Waals surface area (Å²) < 4.78 is 50.4. The molecule has 3 rings (SSSR count). The van der Waals surface area contributed by atoms with E-state index < -0.39 is 22.1 Å². The van der Waals surface area contributed by atoms with E-state index in [2.05, 4.69) is 0 Å². The van der Waals surface area contributed by atoms with Gasteiger partial charge in [0.15, 0.2) is 0 Å². The number of ether oxygens (including phenoxy) is 1. The molecule has 0 saturated heterocycles. The van der Waals surface area contributed by atoms with Gasteiger partial charge in [-0.1, -0.05) is 42.5 Å². The number of nitrogens with zero attached hydrogens (tertiary/aromatic N) is 1. The molecule has 0 N–H and O–H groups in total. The fourth-order valence-corrected chi connectivity index (χ4v) is 3.94. The second-order valence-corrected chi connectivity index (χ2v) is 8.42. The lowest BCUT2D eigenvalue weighted by atomic mass is 10.1. The Balaban J connectivity index is 1.87. The van der Waals surface area contributed by atoms with E-state index in [1.807, 2.05) is 0 Å². The van der Waals surface area contributed by atoms with Crippen LogP contribution in [0.5, 0.6) is 5.75 Å². The fourth-order valence-electron chi connectivity index (χ4n) is 2.94. The van der Waals surface area contributed by atoms with Crippen LogP contribution in [0.3, 0.4) is 0 Å². The van der Waals surface area contributed by atoms with Crippen molar-refractivity contribution in [2.45, 2.75) is 20.0 Å². The average molecular weight is 443 g/mol. The van der Waals surface area contributed by atoms with E-state index in [9.17, 15) is 17.6 Å². The minimum Gasteiger partial charge on any atom is -0.497 e. The molecule has 8 heteroatoms. The van der Waals surface area contributed by atoms with Gasteiger partial charge < -0.3 is 8.92 Å². The second kappa shape index (κ2) is 9.72. The van der Waals surface area contributed by atoms with Gasteiger partial charge in [0.1, 0.15) is 11.6 Å². The van der Waals surface area contributed by atoms with Crippen LogP contribution < -0.4 is 4.74 Å². The molecule has 0 aliphatic rings. The Morgan fingerprint density at radius 2 is 1.45 bits per heavy atom. The number of carbonyl (C=O) groups excluding carboxylic acids is 1. The lowest BCUT2D eigenvalue weighted by Gasteiger charge is -2.21. The topological polar surface area (TPSA) is 72.9 Å². The summed E-state index contributed by atoms with van der Waals surface area (Å²) >= 11 is 0. The molecule has 0 amide bonds. The number of hydrogen-bond acceptors (Lipinski definition) is 5. The van der Waals surface area contributed by atoms with Crippen molar-refractivity contribution in [3.63, 3.8) is 0 Å². The first kappa shape index (κ1) is 22.5. The molecule has 0 aromatic heterocycles. The van der Waals surface area contributed by atoms with Gasteiger partial charge in [-0.25, -0.2) is 9.18 Å². The molecule has 0 heterocycles. The highest BCUT2D eigenvalue weighted by molar-refractivity contribution is 7.84. The van der Waals surface area contributed by atoms with Gasteiger partial charge in [0, 0.05) is 13.1 Å². The van der Waals surface area contributed by atoms with E-state index in [0.717, 1.165) is 4.31 Å². The average Bonchev–Trinajstić information content (AvgIpc) is 2.75. The monoisotopic (exact) mass is 443 g/mol.